The van der Waals surface area contributed by atoms with E-state index in [2.05, 4.69) is 27.0 Å². The molecule has 2 fully saturated rings. The molecule has 0 unspecified atom stereocenters. The van der Waals surface area contributed by atoms with Crippen molar-refractivity contribution >= 4 is 11.7 Å². The second-order valence-electron chi connectivity index (χ2n) is 7.31. The number of rotatable bonds is 6. The highest BCUT2D eigenvalue weighted by Gasteiger charge is 2.39. The van der Waals surface area contributed by atoms with Crippen molar-refractivity contribution in [3.05, 3.63) is 17.6 Å². The summed E-state index contributed by atoms with van der Waals surface area (Å²) in [5, 5.41) is 3.17. The van der Waals surface area contributed by atoms with Crippen LogP contribution in [-0.4, -0.2) is 60.0 Å². The standard InChI is InChI=1S/C19H31N5O/c1-4-5-15-12-21-14(2)22-19(15)23-10-8-17-16(13-23)6-7-18(25)24(17)11-9-20-3/h12,16-17,20H,4-11,13H2,1-3H3/t16-,17+/m0/s1. The first-order chi connectivity index (χ1) is 12.1. The summed E-state index contributed by atoms with van der Waals surface area (Å²) >= 11 is 0. The van der Waals surface area contributed by atoms with E-state index in [9.17, 15) is 4.79 Å². The normalized spacial score (nSPS) is 23.7. The number of carbonyl (C=O) groups excluding carboxylic acids is 1. The van der Waals surface area contributed by atoms with Crippen molar-refractivity contribution in [1.82, 2.24) is 20.2 Å². The Morgan fingerprint density at radius 2 is 2.20 bits per heavy atom. The number of fused-ring (bicyclic) bond motifs is 1. The summed E-state index contributed by atoms with van der Waals surface area (Å²) in [7, 11) is 1.95. The molecule has 0 aliphatic carbocycles. The van der Waals surface area contributed by atoms with Crippen LogP contribution in [0.25, 0.3) is 0 Å². The van der Waals surface area contributed by atoms with Gasteiger partial charge in [-0.3, -0.25) is 4.79 Å². The number of carbonyl (C=O) groups is 1. The summed E-state index contributed by atoms with van der Waals surface area (Å²) in [4.78, 5) is 26.1. The quantitative estimate of drug-likeness (QED) is 0.851. The predicted molar refractivity (Wildman–Crippen MR) is 99.7 cm³/mol. The third kappa shape index (κ3) is 3.94. The number of amides is 1. The van der Waals surface area contributed by atoms with E-state index in [0.717, 1.165) is 63.5 Å². The molecule has 0 bridgehead atoms. The van der Waals surface area contributed by atoms with Crippen molar-refractivity contribution in [2.24, 2.45) is 5.92 Å². The highest BCUT2D eigenvalue weighted by atomic mass is 16.2. The molecule has 3 heterocycles. The van der Waals surface area contributed by atoms with Gasteiger partial charge < -0.3 is 15.1 Å². The molecule has 6 heteroatoms. The number of piperidine rings is 2. The van der Waals surface area contributed by atoms with Crippen molar-refractivity contribution < 1.29 is 4.79 Å². The lowest BCUT2D eigenvalue weighted by Crippen LogP contribution is -2.57. The van der Waals surface area contributed by atoms with Gasteiger partial charge in [-0.25, -0.2) is 9.97 Å². The van der Waals surface area contributed by atoms with Gasteiger partial charge in [-0.1, -0.05) is 13.3 Å². The lowest BCUT2D eigenvalue weighted by atomic mass is 9.83. The van der Waals surface area contributed by atoms with E-state index < -0.39 is 0 Å². The highest BCUT2D eigenvalue weighted by molar-refractivity contribution is 5.77. The van der Waals surface area contributed by atoms with Crippen LogP contribution in [0, 0.1) is 12.8 Å². The number of hydrogen-bond donors (Lipinski definition) is 1. The number of anilines is 1. The summed E-state index contributed by atoms with van der Waals surface area (Å²) in [6.45, 7) is 7.82. The van der Waals surface area contributed by atoms with Gasteiger partial charge >= 0.3 is 0 Å². The molecule has 1 N–H and O–H groups in total. The second-order valence-corrected chi connectivity index (χ2v) is 7.31. The van der Waals surface area contributed by atoms with E-state index in [1.54, 1.807) is 0 Å². The first-order valence-corrected chi connectivity index (χ1v) is 9.65. The van der Waals surface area contributed by atoms with Gasteiger partial charge in [-0.15, -0.1) is 0 Å². The lowest BCUT2D eigenvalue weighted by molar-refractivity contribution is -0.139. The molecular formula is C19H31N5O. The Kier molecular flexibility index (Phi) is 5.89. The number of aryl methyl sites for hydroxylation is 2. The zero-order chi connectivity index (χ0) is 17.8. The van der Waals surface area contributed by atoms with E-state index in [0.29, 0.717) is 24.3 Å². The highest BCUT2D eigenvalue weighted by Crippen LogP contribution is 2.33. The van der Waals surface area contributed by atoms with Crippen molar-refractivity contribution in [3.8, 4) is 0 Å². The molecule has 2 atom stereocenters. The minimum atomic E-state index is 0.328. The molecule has 2 aliphatic heterocycles. The number of nitrogens with zero attached hydrogens (tertiary/aromatic N) is 4. The van der Waals surface area contributed by atoms with Gasteiger partial charge in [0.1, 0.15) is 11.6 Å². The van der Waals surface area contributed by atoms with Gasteiger partial charge in [0.05, 0.1) is 0 Å². The van der Waals surface area contributed by atoms with Crippen LogP contribution >= 0.6 is 0 Å². The molecule has 2 aliphatic rings. The van der Waals surface area contributed by atoms with Gasteiger partial charge in [0, 0.05) is 50.4 Å². The van der Waals surface area contributed by atoms with Crippen molar-refractivity contribution in [3.63, 3.8) is 0 Å². The molecular weight excluding hydrogens is 314 g/mol. The number of nitrogens with one attached hydrogen (secondary N) is 1. The molecule has 138 valence electrons. The monoisotopic (exact) mass is 345 g/mol. The Morgan fingerprint density at radius 1 is 1.36 bits per heavy atom. The average Bonchev–Trinajstić information content (AvgIpc) is 2.62. The average molecular weight is 345 g/mol. The second kappa shape index (κ2) is 8.13. The van der Waals surface area contributed by atoms with Crippen LogP contribution in [0.15, 0.2) is 6.20 Å². The van der Waals surface area contributed by atoms with Crippen LogP contribution in [0.1, 0.15) is 44.0 Å². The number of aromatic nitrogens is 2. The van der Waals surface area contributed by atoms with E-state index in [1.165, 1.54) is 5.56 Å². The Balaban J connectivity index is 1.75. The van der Waals surface area contributed by atoms with Gasteiger partial charge in [0.15, 0.2) is 0 Å². The maximum absolute atomic E-state index is 12.4. The van der Waals surface area contributed by atoms with Crippen LogP contribution in [0.5, 0.6) is 0 Å². The molecule has 1 aromatic heterocycles. The largest absolute Gasteiger partial charge is 0.356 e. The fourth-order valence-electron chi connectivity index (χ4n) is 4.27. The molecule has 0 radical (unpaired) electrons. The molecule has 0 spiro atoms. The Hall–Kier alpha value is -1.69. The van der Waals surface area contributed by atoms with E-state index >= 15 is 0 Å². The number of likely N-dealkylation sites (N-methyl/N-ethyl adjacent to an activating group) is 1. The minimum Gasteiger partial charge on any atom is -0.356 e. The summed E-state index contributed by atoms with van der Waals surface area (Å²) in [6, 6.07) is 0.392. The molecule has 3 rings (SSSR count). The third-order valence-electron chi connectivity index (χ3n) is 5.53. The van der Waals surface area contributed by atoms with E-state index in [-0.39, 0.29) is 0 Å². The topological polar surface area (TPSA) is 61.4 Å². The van der Waals surface area contributed by atoms with Gasteiger partial charge in [-0.05, 0) is 39.2 Å². The van der Waals surface area contributed by atoms with E-state index in [1.807, 2.05) is 20.2 Å². The van der Waals surface area contributed by atoms with Crippen LogP contribution < -0.4 is 10.2 Å². The van der Waals surface area contributed by atoms with Crippen LogP contribution in [0.2, 0.25) is 0 Å². The van der Waals surface area contributed by atoms with E-state index in [4.69, 9.17) is 4.98 Å². The Labute approximate surface area is 151 Å². The zero-order valence-corrected chi connectivity index (χ0v) is 15.8. The molecule has 1 amide bonds. The van der Waals surface area contributed by atoms with Crippen LogP contribution in [0.4, 0.5) is 5.82 Å². The smallest absolute Gasteiger partial charge is 0.222 e. The summed E-state index contributed by atoms with van der Waals surface area (Å²) in [6.07, 6.45) is 6.84. The van der Waals surface area contributed by atoms with Crippen molar-refractivity contribution in [2.75, 3.05) is 38.1 Å². The lowest BCUT2D eigenvalue weighted by Gasteiger charge is -2.47. The number of hydrogen-bond acceptors (Lipinski definition) is 5. The van der Waals surface area contributed by atoms with Crippen molar-refractivity contribution in [1.29, 1.82) is 0 Å². The molecule has 25 heavy (non-hydrogen) atoms. The minimum absolute atomic E-state index is 0.328. The zero-order valence-electron chi connectivity index (χ0n) is 15.8. The first kappa shape index (κ1) is 18.1. The molecule has 0 aromatic carbocycles. The molecule has 2 saturated heterocycles. The van der Waals surface area contributed by atoms with Gasteiger partial charge in [-0.2, -0.15) is 0 Å². The first-order valence-electron chi connectivity index (χ1n) is 9.65. The fraction of sp³-hybridized carbons (Fsp3) is 0.737. The van der Waals surface area contributed by atoms with Crippen molar-refractivity contribution in [2.45, 2.75) is 52.0 Å². The molecule has 1 aromatic rings. The number of likely N-dealkylation sites (tertiary alicyclic amines) is 1. The van der Waals surface area contributed by atoms with Crippen LogP contribution in [-0.2, 0) is 11.2 Å². The Bertz CT molecular complexity index is 605. The maximum atomic E-state index is 12.4. The van der Waals surface area contributed by atoms with Gasteiger partial charge in [0.2, 0.25) is 5.91 Å². The van der Waals surface area contributed by atoms with Crippen LogP contribution in [0.3, 0.4) is 0 Å². The fourth-order valence-corrected chi connectivity index (χ4v) is 4.27. The molecule has 0 saturated carbocycles. The summed E-state index contributed by atoms with van der Waals surface area (Å²) in [5.74, 6) is 2.83. The predicted octanol–water partition coefficient (Wildman–Crippen LogP) is 1.77. The summed E-state index contributed by atoms with van der Waals surface area (Å²) < 4.78 is 0. The third-order valence-corrected chi connectivity index (χ3v) is 5.53. The summed E-state index contributed by atoms with van der Waals surface area (Å²) in [5.41, 5.74) is 1.26. The van der Waals surface area contributed by atoms with Gasteiger partial charge in [0.25, 0.3) is 0 Å². The SMILES string of the molecule is CCCc1cnc(C)nc1N1CC[C@@H]2[C@@H](CCC(=O)N2CCNC)C1. The molecule has 6 nitrogen and oxygen atoms in total. The Morgan fingerprint density at radius 3 is 2.96 bits per heavy atom. The maximum Gasteiger partial charge on any atom is 0.222 e.